The Morgan fingerprint density at radius 2 is 2.31 bits per heavy atom. The molecule has 0 aromatic carbocycles. The van der Waals surface area contributed by atoms with Crippen molar-refractivity contribution in [2.45, 2.75) is 32.4 Å². The van der Waals surface area contributed by atoms with Gasteiger partial charge in [-0.15, -0.1) is 0 Å². The summed E-state index contributed by atoms with van der Waals surface area (Å²) in [5, 5.41) is 2.87. The number of nitrogens with two attached hydrogens (primary N) is 1. The van der Waals surface area contributed by atoms with Crippen molar-refractivity contribution in [2.75, 3.05) is 19.6 Å². The summed E-state index contributed by atoms with van der Waals surface area (Å²) in [4.78, 5) is 13.3. The summed E-state index contributed by atoms with van der Waals surface area (Å²) in [6.45, 7) is 8.10. The fraction of sp³-hybridized carbons (Fsp3) is 0.889. The van der Waals surface area contributed by atoms with Crippen molar-refractivity contribution >= 4 is 5.91 Å². The summed E-state index contributed by atoms with van der Waals surface area (Å²) in [6.07, 6.45) is 0. The highest BCUT2D eigenvalue weighted by atomic mass is 16.2. The maximum absolute atomic E-state index is 11.2. The van der Waals surface area contributed by atoms with Crippen molar-refractivity contribution < 1.29 is 4.79 Å². The van der Waals surface area contributed by atoms with E-state index in [-0.39, 0.29) is 17.5 Å². The van der Waals surface area contributed by atoms with E-state index in [4.69, 9.17) is 5.73 Å². The van der Waals surface area contributed by atoms with Crippen LogP contribution in [0.2, 0.25) is 0 Å². The van der Waals surface area contributed by atoms with Gasteiger partial charge in [-0.1, -0.05) is 0 Å². The minimum absolute atomic E-state index is 0.100. The molecular formula is C9H19N3O. The number of hydrogen-bond donors (Lipinski definition) is 2. The standard InChI is InChI=1S/C9H19N3O/c1-7-4-12(5-8(13)11-7)6-9(2,3)10/h7H,4-6,10H2,1-3H3,(H,11,13). The molecule has 1 saturated heterocycles. The van der Waals surface area contributed by atoms with Gasteiger partial charge in [0, 0.05) is 24.7 Å². The van der Waals surface area contributed by atoms with E-state index < -0.39 is 0 Å². The maximum atomic E-state index is 11.2. The summed E-state index contributed by atoms with van der Waals surface area (Å²) in [6, 6.07) is 0.239. The molecular weight excluding hydrogens is 166 g/mol. The van der Waals surface area contributed by atoms with Gasteiger partial charge >= 0.3 is 0 Å². The summed E-state index contributed by atoms with van der Waals surface area (Å²) in [7, 11) is 0. The van der Waals surface area contributed by atoms with Crippen LogP contribution in [-0.2, 0) is 4.79 Å². The van der Waals surface area contributed by atoms with E-state index in [1.165, 1.54) is 0 Å². The second kappa shape index (κ2) is 3.64. The smallest absolute Gasteiger partial charge is 0.234 e. The van der Waals surface area contributed by atoms with E-state index in [0.29, 0.717) is 6.54 Å². The van der Waals surface area contributed by atoms with Gasteiger partial charge < -0.3 is 11.1 Å². The summed E-state index contributed by atoms with van der Waals surface area (Å²) in [5.74, 6) is 0.100. The van der Waals surface area contributed by atoms with E-state index >= 15 is 0 Å². The highest BCUT2D eigenvalue weighted by Gasteiger charge is 2.25. The van der Waals surface area contributed by atoms with Gasteiger partial charge in [-0.2, -0.15) is 0 Å². The molecule has 0 aliphatic carbocycles. The third-order valence-corrected chi connectivity index (χ3v) is 1.94. The second-order valence-electron chi connectivity index (χ2n) is 4.63. The molecule has 1 atom stereocenters. The molecule has 1 fully saturated rings. The molecule has 76 valence electrons. The zero-order valence-electron chi connectivity index (χ0n) is 8.63. The van der Waals surface area contributed by atoms with Gasteiger partial charge in [0.2, 0.25) is 5.91 Å². The molecule has 1 rings (SSSR count). The van der Waals surface area contributed by atoms with Gasteiger partial charge in [0.15, 0.2) is 0 Å². The average Bonchev–Trinajstić information content (AvgIpc) is 1.78. The molecule has 0 spiro atoms. The Labute approximate surface area is 79.5 Å². The van der Waals surface area contributed by atoms with Crippen molar-refractivity contribution in [2.24, 2.45) is 5.73 Å². The first-order valence-corrected chi connectivity index (χ1v) is 4.67. The van der Waals surface area contributed by atoms with Crippen molar-refractivity contribution in [1.29, 1.82) is 0 Å². The molecule has 13 heavy (non-hydrogen) atoms. The minimum atomic E-state index is -0.225. The van der Waals surface area contributed by atoms with E-state index in [9.17, 15) is 4.79 Å². The first-order valence-electron chi connectivity index (χ1n) is 4.67. The number of amides is 1. The summed E-state index contributed by atoms with van der Waals surface area (Å²) < 4.78 is 0. The minimum Gasteiger partial charge on any atom is -0.351 e. The largest absolute Gasteiger partial charge is 0.351 e. The van der Waals surface area contributed by atoms with Crippen molar-refractivity contribution in [3.63, 3.8) is 0 Å². The maximum Gasteiger partial charge on any atom is 0.234 e. The molecule has 0 bridgehead atoms. The van der Waals surface area contributed by atoms with Crippen LogP contribution < -0.4 is 11.1 Å². The van der Waals surface area contributed by atoms with Gasteiger partial charge in [-0.05, 0) is 20.8 Å². The quantitative estimate of drug-likeness (QED) is 0.612. The van der Waals surface area contributed by atoms with Gasteiger partial charge in [0.25, 0.3) is 0 Å². The van der Waals surface area contributed by atoms with Crippen LogP contribution in [0.5, 0.6) is 0 Å². The Kier molecular flexibility index (Phi) is 2.93. The van der Waals surface area contributed by atoms with Crippen LogP contribution in [0.1, 0.15) is 20.8 Å². The molecule has 4 nitrogen and oxygen atoms in total. The number of carbonyl (C=O) groups excluding carboxylic acids is 1. The SMILES string of the molecule is CC1CN(CC(C)(C)N)CC(=O)N1. The molecule has 1 aliphatic rings. The van der Waals surface area contributed by atoms with E-state index in [1.807, 2.05) is 20.8 Å². The molecule has 1 heterocycles. The lowest BCUT2D eigenvalue weighted by Crippen LogP contribution is -2.57. The fourth-order valence-corrected chi connectivity index (χ4v) is 1.72. The Morgan fingerprint density at radius 1 is 1.69 bits per heavy atom. The number of piperazine rings is 1. The van der Waals surface area contributed by atoms with Crippen LogP contribution in [0, 0.1) is 0 Å². The molecule has 0 radical (unpaired) electrons. The van der Waals surface area contributed by atoms with Crippen molar-refractivity contribution in [3.05, 3.63) is 0 Å². The molecule has 0 saturated carbocycles. The Hall–Kier alpha value is -0.610. The number of carbonyl (C=O) groups is 1. The Morgan fingerprint density at radius 3 is 2.77 bits per heavy atom. The summed E-state index contributed by atoms with van der Waals surface area (Å²) >= 11 is 0. The first kappa shape index (κ1) is 10.5. The predicted octanol–water partition coefficient (Wildman–Crippen LogP) is -0.456. The second-order valence-corrected chi connectivity index (χ2v) is 4.63. The van der Waals surface area contributed by atoms with E-state index in [2.05, 4.69) is 10.2 Å². The van der Waals surface area contributed by atoms with Crippen LogP contribution in [0.4, 0.5) is 0 Å². The van der Waals surface area contributed by atoms with Crippen LogP contribution >= 0.6 is 0 Å². The lowest BCUT2D eigenvalue weighted by molar-refractivity contribution is -0.125. The third kappa shape index (κ3) is 3.74. The molecule has 3 N–H and O–H groups in total. The highest BCUT2D eigenvalue weighted by molar-refractivity contribution is 5.79. The zero-order chi connectivity index (χ0) is 10.1. The van der Waals surface area contributed by atoms with Crippen molar-refractivity contribution in [1.82, 2.24) is 10.2 Å². The van der Waals surface area contributed by atoms with Crippen LogP contribution in [0.15, 0.2) is 0 Å². The van der Waals surface area contributed by atoms with Gasteiger partial charge in [-0.3, -0.25) is 9.69 Å². The zero-order valence-corrected chi connectivity index (χ0v) is 8.63. The normalized spacial score (nSPS) is 25.8. The molecule has 1 amide bonds. The molecule has 0 aromatic heterocycles. The number of hydrogen-bond acceptors (Lipinski definition) is 3. The van der Waals surface area contributed by atoms with Crippen LogP contribution in [-0.4, -0.2) is 42.0 Å². The molecule has 1 aliphatic heterocycles. The number of rotatable bonds is 2. The lowest BCUT2D eigenvalue weighted by Gasteiger charge is -2.35. The summed E-state index contributed by atoms with van der Waals surface area (Å²) in [5.41, 5.74) is 5.66. The Bertz CT molecular complexity index is 198. The van der Waals surface area contributed by atoms with E-state index in [1.54, 1.807) is 0 Å². The topological polar surface area (TPSA) is 58.4 Å². The van der Waals surface area contributed by atoms with Gasteiger partial charge in [0.1, 0.15) is 0 Å². The number of nitrogens with zero attached hydrogens (tertiary/aromatic N) is 1. The first-order chi connectivity index (χ1) is 5.87. The van der Waals surface area contributed by atoms with Crippen LogP contribution in [0.25, 0.3) is 0 Å². The van der Waals surface area contributed by atoms with Gasteiger partial charge in [0.05, 0.1) is 6.54 Å². The highest BCUT2D eigenvalue weighted by Crippen LogP contribution is 2.05. The lowest BCUT2D eigenvalue weighted by atomic mass is 10.1. The monoisotopic (exact) mass is 185 g/mol. The van der Waals surface area contributed by atoms with Crippen LogP contribution in [0.3, 0.4) is 0 Å². The molecule has 4 heteroatoms. The number of nitrogens with one attached hydrogen (secondary N) is 1. The van der Waals surface area contributed by atoms with Crippen molar-refractivity contribution in [3.8, 4) is 0 Å². The predicted molar refractivity (Wildman–Crippen MR) is 52.3 cm³/mol. The Balaban J connectivity index is 2.46. The van der Waals surface area contributed by atoms with Gasteiger partial charge in [-0.25, -0.2) is 0 Å². The third-order valence-electron chi connectivity index (χ3n) is 1.94. The molecule has 1 unspecified atom stereocenters. The average molecular weight is 185 g/mol. The fourth-order valence-electron chi connectivity index (χ4n) is 1.72. The van der Waals surface area contributed by atoms with E-state index in [0.717, 1.165) is 13.1 Å². The molecule has 0 aromatic rings.